The number of likely N-dealkylation sites (N-methyl/N-ethyl adjacent to an activating group) is 1. The van der Waals surface area contributed by atoms with Crippen LogP contribution in [0.4, 0.5) is 0 Å². The van der Waals surface area contributed by atoms with Crippen molar-refractivity contribution in [1.29, 1.82) is 0 Å². The largest absolute Gasteiger partial charge is 0.411 e. The zero-order valence-corrected chi connectivity index (χ0v) is 15.9. The van der Waals surface area contributed by atoms with Crippen molar-refractivity contribution >= 4 is 20.0 Å². The van der Waals surface area contributed by atoms with Crippen molar-refractivity contribution < 1.29 is 14.0 Å². The average Bonchev–Trinajstić information content (AvgIpc) is 2.25. The van der Waals surface area contributed by atoms with E-state index in [4.69, 9.17) is 4.43 Å². The molecular weight excluding hydrogens is 284 g/mol. The predicted molar refractivity (Wildman–Crippen MR) is 88.9 cm³/mol. The highest BCUT2D eigenvalue weighted by atomic mass is 28.4. The lowest BCUT2D eigenvalue weighted by Crippen LogP contribution is -2.50. The minimum absolute atomic E-state index is 0.0189. The van der Waals surface area contributed by atoms with Crippen LogP contribution in [0, 0.1) is 0 Å². The van der Waals surface area contributed by atoms with Crippen molar-refractivity contribution in [3.63, 3.8) is 0 Å². The number of nitrogens with zero attached hydrogens (tertiary/aromatic N) is 1. The summed E-state index contributed by atoms with van der Waals surface area (Å²) in [5.41, 5.74) is 0. The average molecular weight is 317 g/mol. The second-order valence-corrected chi connectivity index (χ2v) is 12.0. The van der Waals surface area contributed by atoms with Gasteiger partial charge in [0.15, 0.2) is 8.32 Å². The first-order chi connectivity index (χ1) is 9.36. The monoisotopic (exact) mass is 316 g/mol. The summed E-state index contributed by atoms with van der Waals surface area (Å²) in [5, 5.41) is 3.22. The number of rotatable bonds is 8. The molecule has 21 heavy (non-hydrogen) atoms. The zero-order chi connectivity index (χ0) is 16.8. The smallest absolute Gasteiger partial charge is 0.219 e. The van der Waals surface area contributed by atoms with Crippen LogP contribution in [0.15, 0.2) is 0 Å². The maximum Gasteiger partial charge on any atom is 0.219 e. The quantitative estimate of drug-likeness (QED) is 0.696. The Morgan fingerprint density at radius 3 is 2.14 bits per heavy atom. The van der Waals surface area contributed by atoms with E-state index in [0.717, 1.165) is 0 Å². The van der Waals surface area contributed by atoms with E-state index < -0.39 is 8.32 Å². The Labute approximate surface area is 130 Å². The molecule has 0 saturated carbocycles. The number of nitrogens with one attached hydrogen (secondary N) is 1. The van der Waals surface area contributed by atoms with Gasteiger partial charge in [-0.15, -0.1) is 0 Å². The molecule has 0 fully saturated rings. The van der Waals surface area contributed by atoms with Crippen molar-refractivity contribution in [2.45, 2.75) is 58.9 Å². The fourth-order valence-electron chi connectivity index (χ4n) is 1.58. The molecule has 0 aromatic heterocycles. The summed E-state index contributed by atoms with van der Waals surface area (Å²) in [6.07, 6.45) is -0.0980. The first kappa shape index (κ1) is 20.3. The second-order valence-electron chi connectivity index (χ2n) is 7.23. The molecule has 0 bridgehead atoms. The second kappa shape index (κ2) is 8.05. The van der Waals surface area contributed by atoms with E-state index >= 15 is 0 Å². The van der Waals surface area contributed by atoms with E-state index in [9.17, 15) is 9.59 Å². The van der Waals surface area contributed by atoms with Crippen LogP contribution < -0.4 is 5.32 Å². The van der Waals surface area contributed by atoms with Gasteiger partial charge in [0.1, 0.15) is 5.78 Å². The minimum atomic E-state index is -1.91. The third kappa shape index (κ3) is 7.73. The molecule has 0 saturated heterocycles. The Morgan fingerprint density at radius 2 is 1.76 bits per heavy atom. The summed E-state index contributed by atoms with van der Waals surface area (Å²) in [6.45, 7) is 15.5. The summed E-state index contributed by atoms with van der Waals surface area (Å²) in [4.78, 5) is 24.1. The van der Waals surface area contributed by atoms with Crippen LogP contribution in [0.5, 0.6) is 0 Å². The summed E-state index contributed by atoms with van der Waals surface area (Å²) in [6, 6.07) is 0. The van der Waals surface area contributed by atoms with Crippen LogP contribution in [-0.4, -0.2) is 57.7 Å². The number of hydrogen-bond acceptors (Lipinski definition) is 4. The van der Waals surface area contributed by atoms with Crippen molar-refractivity contribution in [2.24, 2.45) is 0 Å². The third-order valence-electron chi connectivity index (χ3n) is 4.03. The molecule has 0 aliphatic carbocycles. The number of amides is 1. The lowest BCUT2D eigenvalue weighted by molar-refractivity contribution is -0.128. The van der Waals surface area contributed by atoms with Gasteiger partial charge in [-0.3, -0.25) is 9.59 Å². The predicted octanol–water partition coefficient (Wildman–Crippen LogP) is 2.03. The van der Waals surface area contributed by atoms with Crippen LogP contribution in [0.1, 0.15) is 34.6 Å². The third-order valence-corrected chi connectivity index (χ3v) is 8.56. The van der Waals surface area contributed by atoms with Gasteiger partial charge in [0, 0.05) is 27.1 Å². The highest BCUT2D eigenvalue weighted by Crippen LogP contribution is 2.37. The van der Waals surface area contributed by atoms with Gasteiger partial charge in [-0.1, -0.05) is 20.8 Å². The van der Waals surface area contributed by atoms with Gasteiger partial charge in [-0.25, -0.2) is 0 Å². The number of Topliss-reactive ketones (excluding diaryl/α,β-unsaturated/α-hetero) is 1. The Balaban J connectivity index is 4.79. The van der Waals surface area contributed by atoms with Crippen LogP contribution in [0.25, 0.3) is 0 Å². The molecule has 0 aromatic rings. The highest BCUT2D eigenvalue weighted by Gasteiger charge is 2.39. The van der Waals surface area contributed by atoms with Gasteiger partial charge < -0.3 is 14.6 Å². The standard InChI is InChI=1S/C15H32N2O3Si/c1-12(18)9-16-10-14(11-17(6)13(2)19)20-21(7,8)15(3,4)5/h14,16H,9-11H2,1-8H3. The first-order valence-corrected chi connectivity index (χ1v) is 10.4. The molecule has 5 nitrogen and oxygen atoms in total. The topological polar surface area (TPSA) is 58.6 Å². The summed E-state index contributed by atoms with van der Waals surface area (Å²) in [5.74, 6) is 0.117. The summed E-state index contributed by atoms with van der Waals surface area (Å²) >= 11 is 0. The van der Waals surface area contributed by atoms with E-state index in [1.165, 1.54) is 0 Å². The van der Waals surface area contributed by atoms with Gasteiger partial charge in [0.05, 0.1) is 12.6 Å². The van der Waals surface area contributed by atoms with E-state index in [1.54, 1.807) is 25.8 Å². The molecule has 0 spiro atoms. The van der Waals surface area contributed by atoms with Crippen LogP contribution >= 0.6 is 0 Å². The van der Waals surface area contributed by atoms with E-state index in [2.05, 4.69) is 39.2 Å². The van der Waals surface area contributed by atoms with Gasteiger partial charge in [0.2, 0.25) is 5.91 Å². The fraction of sp³-hybridized carbons (Fsp3) is 0.867. The lowest BCUT2D eigenvalue weighted by Gasteiger charge is -2.40. The Morgan fingerprint density at radius 1 is 1.24 bits per heavy atom. The van der Waals surface area contributed by atoms with Crippen LogP contribution in [0.3, 0.4) is 0 Å². The Bertz CT molecular complexity index is 364. The van der Waals surface area contributed by atoms with Crippen LogP contribution in [-0.2, 0) is 14.0 Å². The van der Waals surface area contributed by atoms with E-state index in [0.29, 0.717) is 19.6 Å². The molecule has 0 aliphatic rings. The molecule has 1 unspecified atom stereocenters. The molecule has 0 heterocycles. The number of carbonyl (C=O) groups is 2. The molecular formula is C15H32N2O3Si. The number of hydrogen-bond donors (Lipinski definition) is 1. The summed E-state index contributed by atoms with van der Waals surface area (Å²) in [7, 11) is -0.137. The van der Waals surface area contributed by atoms with Crippen molar-refractivity contribution in [3.05, 3.63) is 0 Å². The van der Waals surface area contributed by atoms with Crippen molar-refractivity contribution in [3.8, 4) is 0 Å². The molecule has 0 aromatic carbocycles. The molecule has 1 amide bonds. The van der Waals surface area contributed by atoms with E-state index in [1.807, 2.05) is 0 Å². The van der Waals surface area contributed by atoms with E-state index in [-0.39, 0.29) is 22.8 Å². The van der Waals surface area contributed by atoms with Gasteiger partial charge in [0.25, 0.3) is 0 Å². The van der Waals surface area contributed by atoms with Gasteiger partial charge in [-0.2, -0.15) is 0 Å². The molecule has 0 radical (unpaired) electrons. The number of ketones is 1. The molecule has 0 aliphatic heterocycles. The maximum absolute atomic E-state index is 11.4. The Hall–Kier alpha value is -0.723. The lowest BCUT2D eigenvalue weighted by atomic mass is 10.2. The summed E-state index contributed by atoms with van der Waals surface area (Å²) < 4.78 is 6.38. The Kier molecular flexibility index (Phi) is 7.78. The van der Waals surface area contributed by atoms with Crippen molar-refractivity contribution in [2.75, 3.05) is 26.7 Å². The molecule has 0 rings (SSSR count). The molecule has 1 atom stereocenters. The first-order valence-electron chi connectivity index (χ1n) is 7.46. The SMILES string of the molecule is CC(=O)CNCC(CN(C)C(C)=O)O[Si](C)(C)C(C)(C)C. The van der Waals surface area contributed by atoms with Crippen LogP contribution in [0.2, 0.25) is 18.1 Å². The van der Waals surface area contributed by atoms with Crippen molar-refractivity contribution in [1.82, 2.24) is 10.2 Å². The van der Waals surface area contributed by atoms with Gasteiger partial charge in [-0.05, 0) is 25.1 Å². The maximum atomic E-state index is 11.4. The number of carbonyl (C=O) groups excluding carboxylic acids is 2. The normalized spacial score (nSPS) is 13.9. The molecule has 124 valence electrons. The molecule has 6 heteroatoms. The fourth-order valence-corrected chi connectivity index (χ4v) is 2.92. The van der Waals surface area contributed by atoms with Gasteiger partial charge >= 0.3 is 0 Å². The zero-order valence-electron chi connectivity index (χ0n) is 14.9. The minimum Gasteiger partial charge on any atom is -0.411 e. The molecule has 1 N–H and O–H groups in total. The highest BCUT2D eigenvalue weighted by molar-refractivity contribution is 6.74.